The average molecular weight is 169 g/mol. The first kappa shape index (κ1) is 6.78. The number of fused-ring (bicyclic) bond motifs is 2. The molecule has 1 aromatic rings. The lowest BCUT2D eigenvalue weighted by Crippen LogP contribution is -2.08. The van der Waals surface area contributed by atoms with Gasteiger partial charge < -0.3 is 5.32 Å². The zero-order valence-corrected chi connectivity index (χ0v) is 7.12. The molecule has 2 aliphatic heterocycles. The number of nitrogens with one attached hydrogen (secondary N) is 1. The molecule has 2 heteroatoms. The zero-order chi connectivity index (χ0) is 8.67. The first-order valence-corrected chi connectivity index (χ1v) is 4.41. The second-order valence-corrected chi connectivity index (χ2v) is 3.20. The van der Waals surface area contributed by atoms with Crippen molar-refractivity contribution >= 4 is 11.4 Å². The highest BCUT2D eigenvalue weighted by Crippen LogP contribution is 2.35. The minimum absolute atomic E-state index is 0.941. The number of para-hydroxylation sites is 1. The Kier molecular flexibility index (Phi) is 1.25. The van der Waals surface area contributed by atoms with Gasteiger partial charge in [-0.3, -0.25) is 5.32 Å². The van der Waals surface area contributed by atoms with Crippen LogP contribution in [0.4, 0.5) is 5.69 Å². The Morgan fingerprint density at radius 1 is 1.23 bits per heavy atom. The Labute approximate surface area is 77.0 Å². The molecule has 1 radical (unpaired) electrons. The first-order chi connectivity index (χ1) is 6.45. The topological polar surface area (TPSA) is 26.1 Å². The molecule has 0 unspecified atom stereocenters. The molecular formula is C11H9N2. The van der Waals surface area contributed by atoms with Crippen LogP contribution >= 0.6 is 0 Å². The van der Waals surface area contributed by atoms with Crippen LogP contribution in [0.1, 0.15) is 12.0 Å². The van der Waals surface area contributed by atoms with Gasteiger partial charge in [0.1, 0.15) is 0 Å². The standard InChI is InChI=1S/C11H9N2/c1-2-5-9-8(4-1)11-10(13-9)6-3-7-12-11/h1-5,7,12H,6H2. The molecule has 0 amide bonds. The lowest BCUT2D eigenvalue weighted by molar-refractivity contribution is 0.976. The fourth-order valence-corrected chi connectivity index (χ4v) is 1.76. The zero-order valence-electron chi connectivity index (χ0n) is 7.12. The van der Waals surface area contributed by atoms with Crippen LogP contribution in [0.5, 0.6) is 0 Å². The number of dihydropyridines is 1. The van der Waals surface area contributed by atoms with Crippen LogP contribution in [0.25, 0.3) is 5.70 Å². The predicted octanol–water partition coefficient (Wildman–Crippen LogP) is 2.11. The fourth-order valence-electron chi connectivity index (χ4n) is 1.76. The van der Waals surface area contributed by atoms with Gasteiger partial charge in [-0.2, -0.15) is 0 Å². The summed E-state index contributed by atoms with van der Waals surface area (Å²) in [6.45, 7) is 0. The van der Waals surface area contributed by atoms with Crippen molar-refractivity contribution in [2.24, 2.45) is 0 Å². The Bertz CT molecular complexity index is 416. The van der Waals surface area contributed by atoms with E-state index in [1.54, 1.807) is 0 Å². The largest absolute Gasteiger partial charge is 0.360 e. The van der Waals surface area contributed by atoms with Gasteiger partial charge in [0.15, 0.2) is 0 Å². The third-order valence-electron chi connectivity index (χ3n) is 2.37. The molecule has 0 atom stereocenters. The number of hydrogen-bond donors (Lipinski definition) is 1. The molecule has 0 fully saturated rings. The van der Waals surface area contributed by atoms with Gasteiger partial charge in [-0.25, -0.2) is 0 Å². The summed E-state index contributed by atoms with van der Waals surface area (Å²) in [6, 6.07) is 8.22. The molecule has 13 heavy (non-hydrogen) atoms. The second kappa shape index (κ2) is 2.39. The SMILES string of the molecule is C1=CNC2=C(C1)[N]c1ccccc12. The first-order valence-electron chi connectivity index (χ1n) is 4.41. The van der Waals surface area contributed by atoms with Crippen LogP contribution in [0.15, 0.2) is 42.2 Å². The van der Waals surface area contributed by atoms with Crippen LogP contribution in [0, 0.1) is 0 Å². The molecule has 2 heterocycles. The molecule has 0 spiro atoms. The molecular weight excluding hydrogens is 160 g/mol. The summed E-state index contributed by atoms with van der Waals surface area (Å²) in [5, 5.41) is 7.78. The van der Waals surface area contributed by atoms with E-state index in [0.717, 1.165) is 17.8 Å². The van der Waals surface area contributed by atoms with Crippen molar-refractivity contribution in [3.05, 3.63) is 47.8 Å². The molecule has 63 valence electrons. The van der Waals surface area contributed by atoms with E-state index in [-0.39, 0.29) is 0 Å². The van der Waals surface area contributed by atoms with Gasteiger partial charge in [0.05, 0.1) is 17.1 Å². The van der Waals surface area contributed by atoms with Crippen molar-refractivity contribution < 1.29 is 0 Å². The lowest BCUT2D eigenvalue weighted by Gasteiger charge is -2.08. The van der Waals surface area contributed by atoms with E-state index in [4.69, 9.17) is 0 Å². The maximum absolute atomic E-state index is 4.54. The molecule has 1 N–H and O–H groups in total. The van der Waals surface area contributed by atoms with Crippen molar-refractivity contribution in [1.29, 1.82) is 0 Å². The molecule has 0 saturated carbocycles. The fraction of sp³-hybridized carbons (Fsp3) is 0.0909. The van der Waals surface area contributed by atoms with E-state index >= 15 is 0 Å². The van der Waals surface area contributed by atoms with E-state index < -0.39 is 0 Å². The Morgan fingerprint density at radius 3 is 3.15 bits per heavy atom. The van der Waals surface area contributed by atoms with Crippen molar-refractivity contribution in [1.82, 2.24) is 10.6 Å². The molecule has 2 nitrogen and oxygen atoms in total. The average Bonchev–Trinajstić information content (AvgIpc) is 2.56. The molecule has 0 saturated heterocycles. The molecule has 1 aromatic carbocycles. The van der Waals surface area contributed by atoms with Crippen LogP contribution in [0.3, 0.4) is 0 Å². The van der Waals surface area contributed by atoms with Crippen LogP contribution in [-0.2, 0) is 0 Å². The molecule has 0 bridgehead atoms. The second-order valence-electron chi connectivity index (χ2n) is 3.20. The lowest BCUT2D eigenvalue weighted by atomic mass is 10.1. The van der Waals surface area contributed by atoms with E-state index in [1.807, 2.05) is 18.3 Å². The number of rotatable bonds is 0. The van der Waals surface area contributed by atoms with Gasteiger partial charge in [-0.1, -0.05) is 24.3 Å². The molecule has 0 aliphatic carbocycles. The summed E-state index contributed by atoms with van der Waals surface area (Å²) in [5.41, 5.74) is 4.65. The monoisotopic (exact) mass is 169 g/mol. The Hall–Kier alpha value is -1.70. The normalized spacial score (nSPS) is 17.5. The summed E-state index contributed by atoms with van der Waals surface area (Å²) in [5.74, 6) is 0. The third kappa shape index (κ3) is 0.886. The van der Waals surface area contributed by atoms with Gasteiger partial charge >= 0.3 is 0 Å². The highest BCUT2D eigenvalue weighted by atomic mass is 15.0. The van der Waals surface area contributed by atoms with Gasteiger partial charge in [0.25, 0.3) is 0 Å². The van der Waals surface area contributed by atoms with E-state index in [9.17, 15) is 0 Å². The summed E-state index contributed by atoms with van der Waals surface area (Å²) < 4.78 is 0. The van der Waals surface area contributed by atoms with Crippen molar-refractivity contribution in [2.75, 3.05) is 0 Å². The van der Waals surface area contributed by atoms with Crippen molar-refractivity contribution in [3.8, 4) is 0 Å². The number of benzene rings is 1. The third-order valence-corrected chi connectivity index (χ3v) is 2.37. The Balaban J connectivity index is 2.13. The molecule has 0 aromatic heterocycles. The van der Waals surface area contributed by atoms with Crippen LogP contribution < -0.4 is 10.6 Å². The van der Waals surface area contributed by atoms with Crippen LogP contribution in [-0.4, -0.2) is 0 Å². The highest BCUT2D eigenvalue weighted by Gasteiger charge is 2.22. The quantitative estimate of drug-likeness (QED) is 0.632. The van der Waals surface area contributed by atoms with Crippen LogP contribution in [0.2, 0.25) is 0 Å². The minimum atomic E-state index is 0.941. The summed E-state index contributed by atoms with van der Waals surface area (Å²) in [6.07, 6.45) is 5.02. The Morgan fingerprint density at radius 2 is 2.15 bits per heavy atom. The smallest absolute Gasteiger partial charge is 0.0727 e. The van der Waals surface area contributed by atoms with Crippen molar-refractivity contribution in [3.63, 3.8) is 0 Å². The van der Waals surface area contributed by atoms with Crippen molar-refractivity contribution in [2.45, 2.75) is 6.42 Å². The van der Waals surface area contributed by atoms with E-state index in [1.165, 1.54) is 11.3 Å². The van der Waals surface area contributed by atoms with Gasteiger partial charge in [0, 0.05) is 12.0 Å². The summed E-state index contributed by atoms with van der Waals surface area (Å²) in [7, 11) is 0. The number of allylic oxidation sites excluding steroid dienone is 1. The summed E-state index contributed by atoms with van der Waals surface area (Å²) in [4.78, 5) is 0. The van der Waals surface area contributed by atoms with E-state index in [0.29, 0.717) is 0 Å². The maximum Gasteiger partial charge on any atom is 0.0727 e. The molecule has 3 rings (SSSR count). The number of hydrogen-bond acceptors (Lipinski definition) is 1. The number of nitrogens with zero attached hydrogens (tertiary/aromatic N) is 1. The van der Waals surface area contributed by atoms with Gasteiger partial charge in [0.2, 0.25) is 0 Å². The highest BCUT2D eigenvalue weighted by molar-refractivity contribution is 5.82. The minimum Gasteiger partial charge on any atom is -0.360 e. The predicted molar refractivity (Wildman–Crippen MR) is 52.0 cm³/mol. The van der Waals surface area contributed by atoms with Gasteiger partial charge in [-0.15, -0.1) is 0 Å². The molecule has 2 aliphatic rings. The van der Waals surface area contributed by atoms with Gasteiger partial charge in [-0.05, 0) is 12.3 Å². The van der Waals surface area contributed by atoms with E-state index in [2.05, 4.69) is 28.8 Å². The summed E-state index contributed by atoms with van der Waals surface area (Å²) >= 11 is 0. The maximum atomic E-state index is 4.54.